The van der Waals surface area contributed by atoms with Crippen LogP contribution < -0.4 is 5.32 Å². The Labute approximate surface area is 214 Å². The van der Waals surface area contributed by atoms with Crippen molar-refractivity contribution in [2.45, 2.75) is 26.2 Å². The smallest absolute Gasteiger partial charge is 0.0500 e. The number of benzene rings is 5. The lowest BCUT2D eigenvalue weighted by molar-refractivity contribution is 0.998. The first-order valence-electron chi connectivity index (χ1n) is 12.9. The molecule has 5 aromatic rings. The van der Waals surface area contributed by atoms with Gasteiger partial charge in [-0.2, -0.15) is 0 Å². The molecule has 0 amide bonds. The number of fused-ring (bicyclic) bond motifs is 3. The molecule has 1 heteroatoms. The molecular formula is C35H31N. The number of rotatable bonds is 5. The number of hydrogen-bond acceptors (Lipinski definition) is 1. The summed E-state index contributed by atoms with van der Waals surface area (Å²) in [6.45, 7) is 2.23. The molecule has 0 heterocycles. The van der Waals surface area contributed by atoms with Crippen LogP contribution in [0.1, 0.15) is 34.2 Å². The van der Waals surface area contributed by atoms with Crippen LogP contribution >= 0.6 is 0 Å². The minimum absolute atomic E-state index is 0.926. The monoisotopic (exact) mass is 465 g/mol. The van der Waals surface area contributed by atoms with Crippen molar-refractivity contribution >= 4 is 22.5 Å². The lowest BCUT2D eigenvalue weighted by Crippen LogP contribution is -2.04. The molecule has 0 saturated heterocycles. The van der Waals surface area contributed by atoms with E-state index in [1.54, 1.807) is 0 Å². The van der Waals surface area contributed by atoms with Crippen molar-refractivity contribution in [3.05, 3.63) is 131 Å². The molecule has 0 saturated carbocycles. The Hall–Kier alpha value is -4.10. The maximum absolute atomic E-state index is 3.58. The fraction of sp³-hybridized carbons (Fsp3) is 0.143. The quantitative estimate of drug-likeness (QED) is 0.273. The normalized spacial score (nSPS) is 12.5. The zero-order chi connectivity index (χ0) is 24.5. The second-order valence-corrected chi connectivity index (χ2v) is 9.73. The van der Waals surface area contributed by atoms with E-state index in [1.807, 2.05) is 0 Å². The standard InChI is InChI=1S/C35H31N/c1-24-20-21-27(23-33(24)28-15-7-6-14-26(28)22-25-12-4-3-5-13-25)34-31-18-10-8-16-29(31)30-17-9-11-19-32(30)35(34)36-2/h3-8,10-16,18-21,23,36H,9,17,22H2,1-2H3. The van der Waals surface area contributed by atoms with E-state index >= 15 is 0 Å². The highest BCUT2D eigenvalue weighted by atomic mass is 14.8. The van der Waals surface area contributed by atoms with Crippen LogP contribution in [0.2, 0.25) is 0 Å². The largest absolute Gasteiger partial charge is 0.387 e. The molecule has 0 aliphatic heterocycles. The molecule has 1 aliphatic carbocycles. The van der Waals surface area contributed by atoms with Crippen LogP contribution in [0.25, 0.3) is 39.1 Å². The van der Waals surface area contributed by atoms with Crippen LogP contribution in [-0.2, 0) is 12.8 Å². The van der Waals surface area contributed by atoms with Crippen molar-refractivity contribution in [3.63, 3.8) is 0 Å². The van der Waals surface area contributed by atoms with Crippen LogP contribution in [0.4, 0.5) is 5.69 Å². The van der Waals surface area contributed by atoms with Crippen molar-refractivity contribution in [1.82, 2.24) is 0 Å². The molecule has 0 bridgehead atoms. The maximum atomic E-state index is 3.58. The SMILES string of the molecule is CNc1c2c(c3ccccc3c1-c1ccc(C)c(-c3ccccc3Cc3ccccc3)c1)CCC=C2. The van der Waals surface area contributed by atoms with Crippen LogP contribution in [0.15, 0.2) is 103 Å². The van der Waals surface area contributed by atoms with Crippen LogP contribution in [0, 0.1) is 6.92 Å². The van der Waals surface area contributed by atoms with Gasteiger partial charge < -0.3 is 5.32 Å². The Morgan fingerprint density at radius 1 is 0.750 bits per heavy atom. The summed E-state index contributed by atoms with van der Waals surface area (Å²) >= 11 is 0. The van der Waals surface area contributed by atoms with Gasteiger partial charge in [0.1, 0.15) is 0 Å². The molecule has 1 nitrogen and oxygen atoms in total. The third-order valence-electron chi connectivity index (χ3n) is 7.53. The minimum atomic E-state index is 0.926. The highest BCUT2D eigenvalue weighted by molar-refractivity contribution is 6.08. The molecule has 1 N–H and O–H groups in total. The molecule has 36 heavy (non-hydrogen) atoms. The molecule has 5 aromatic carbocycles. The van der Waals surface area contributed by atoms with Crippen molar-refractivity contribution in [1.29, 1.82) is 0 Å². The predicted octanol–water partition coefficient (Wildman–Crippen LogP) is 9.07. The average Bonchev–Trinajstić information content (AvgIpc) is 2.94. The molecule has 0 fully saturated rings. The Balaban J connectivity index is 1.56. The van der Waals surface area contributed by atoms with Gasteiger partial charge in [0.05, 0.1) is 0 Å². The van der Waals surface area contributed by atoms with Crippen molar-refractivity contribution < 1.29 is 0 Å². The number of nitrogens with one attached hydrogen (secondary N) is 1. The zero-order valence-electron chi connectivity index (χ0n) is 21.0. The number of allylic oxidation sites excluding steroid dienone is 1. The highest BCUT2D eigenvalue weighted by Gasteiger charge is 2.20. The van der Waals surface area contributed by atoms with E-state index in [1.165, 1.54) is 66.5 Å². The Morgan fingerprint density at radius 2 is 1.50 bits per heavy atom. The predicted molar refractivity (Wildman–Crippen MR) is 156 cm³/mol. The van der Waals surface area contributed by atoms with E-state index in [0.717, 1.165) is 19.3 Å². The summed E-state index contributed by atoms with van der Waals surface area (Å²) in [5.41, 5.74) is 13.2. The molecule has 0 atom stereocenters. The number of aryl methyl sites for hydroxylation is 2. The van der Waals surface area contributed by atoms with Gasteiger partial charge in [-0.25, -0.2) is 0 Å². The summed E-state index contributed by atoms with van der Waals surface area (Å²) in [4.78, 5) is 0. The Morgan fingerprint density at radius 3 is 2.33 bits per heavy atom. The van der Waals surface area contributed by atoms with E-state index in [0.29, 0.717) is 0 Å². The first kappa shape index (κ1) is 22.4. The first-order valence-corrected chi connectivity index (χ1v) is 12.9. The summed E-state index contributed by atoms with van der Waals surface area (Å²) in [6.07, 6.45) is 7.74. The van der Waals surface area contributed by atoms with Crippen molar-refractivity contribution in [3.8, 4) is 22.3 Å². The van der Waals surface area contributed by atoms with Crippen LogP contribution in [0.3, 0.4) is 0 Å². The molecule has 6 rings (SSSR count). The molecule has 0 unspecified atom stereocenters. The van der Waals surface area contributed by atoms with Crippen LogP contribution in [0.5, 0.6) is 0 Å². The van der Waals surface area contributed by atoms with Gasteiger partial charge in [0.15, 0.2) is 0 Å². The summed E-state index contributed by atoms with van der Waals surface area (Å²) in [5, 5.41) is 6.28. The van der Waals surface area contributed by atoms with Gasteiger partial charge >= 0.3 is 0 Å². The van der Waals surface area contributed by atoms with Gasteiger partial charge in [0.2, 0.25) is 0 Å². The van der Waals surface area contributed by atoms with Gasteiger partial charge in [-0.15, -0.1) is 0 Å². The van der Waals surface area contributed by atoms with Gasteiger partial charge in [-0.1, -0.05) is 103 Å². The molecule has 0 radical (unpaired) electrons. The zero-order valence-corrected chi connectivity index (χ0v) is 21.0. The van der Waals surface area contributed by atoms with E-state index in [-0.39, 0.29) is 0 Å². The topological polar surface area (TPSA) is 12.0 Å². The second-order valence-electron chi connectivity index (χ2n) is 9.73. The third kappa shape index (κ3) is 3.91. The Bertz CT molecular complexity index is 1590. The van der Waals surface area contributed by atoms with E-state index in [2.05, 4.69) is 129 Å². The third-order valence-corrected chi connectivity index (χ3v) is 7.53. The van der Waals surface area contributed by atoms with Crippen molar-refractivity contribution in [2.75, 3.05) is 12.4 Å². The summed E-state index contributed by atoms with van der Waals surface area (Å²) < 4.78 is 0. The first-order chi connectivity index (χ1) is 17.7. The van der Waals surface area contributed by atoms with E-state index in [4.69, 9.17) is 0 Å². The second kappa shape index (κ2) is 9.51. The summed E-state index contributed by atoms with van der Waals surface area (Å²) in [5.74, 6) is 0. The summed E-state index contributed by atoms with van der Waals surface area (Å²) in [6, 6.07) is 35.5. The minimum Gasteiger partial charge on any atom is -0.387 e. The maximum Gasteiger partial charge on any atom is 0.0500 e. The van der Waals surface area contributed by atoms with Crippen LogP contribution in [-0.4, -0.2) is 7.05 Å². The van der Waals surface area contributed by atoms with Gasteiger partial charge in [-0.3, -0.25) is 0 Å². The average molecular weight is 466 g/mol. The fourth-order valence-corrected chi connectivity index (χ4v) is 5.79. The van der Waals surface area contributed by atoms with E-state index in [9.17, 15) is 0 Å². The van der Waals surface area contributed by atoms with Gasteiger partial charge in [0.25, 0.3) is 0 Å². The number of hydrogen-bond donors (Lipinski definition) is 1. The lowest BCUT2D eigenvalue weighted by atomic mass is 9.84. The highest BCUT2D eigenvalue weighted by Crippen LogP contribution is 2.44. The Kier molecular flexibility index (Phi) is 5.91. The van der Waals surface area contributed by atoms with E-state index < -0.39 is 0 Å². The number of anilines is 1. The summed E-state index contributed by atoms with van der Waals surface area (Å²) in [7, 11) is 2.06. The lowest BCUT2D eigenvalue weighted by Gasteiger charge is -2.23. The molecule has 0 spiro atoms. The van der Waals surface area contributed by atoms with Gasteiger partial charge in [0, 0.05) is 23.9 Å². The molecular weight excluding hydrogens is 434 g/mol. The molecule has 1 aliphatic rings. The fourth-order valence-electron chi connectivity index (χ4n) is 5.79. The van der Waals surface area contributed by atoms with Gasteiger partial charge in [-0.05, 0) is 82.0 Å². The van der Waals surface area contributed by atoms with Crippen molar-refractivity contribution in [2.24, 2.45) is 0 Å². The molecule has 176 valence electrons. The molecule has 0 aromatic heterocycles.